The van der Waals surface area contributed by atoms with Crippen molar-refractivity contribution in [2.75, 3.05) is 38.5 Å². The molecule has 39 heavy (non-hydrogen) atoms. The fourth-order valence-electron chi connectivity index (χ4n) is 5.05. The number of amides is 2. The predicted octanol–water partition coefficient (Wildman–Crippen LogP) is 3.76. The van der Waals surface area contributed by atoms with Crippen LogP contribution < -0.4 is 5.32 Å². The quantitative estimate of drug-likeness (QED) is 0.468. The number of rotatable bonds is 5. The Morgan fingerprint density at radius 3 is 2.36 bits per heavy atom. The Hall–Kier alpha value is -3.83. The van der Waals surface area contributed by atoms with Gasteiger partial charge in [-0.2, -0.15) is 0 Å². The van der Waals surface area contributed by atoms with Crippen molar-refractivity contribution in [2.45, 2.75) is 24.5 Å². The van der Waals surface area contributed by atoms with E-state index in [1.807, 2.05) is 18.9 Å². The molecular formula is C28H28F2N4O4S. The maximum absolute atomic E-state index is 13.6. The number of carbonyl (C=O) groups excluding carboxylic acids is 2. The Bertz CT molecular complexity index is 1620. The van der Waals surface area contributed by atoms with Gasteiger partial charge in [-0.05, 0) is 68.4 Å². The van der Waals surface area contributed by atoms with Gasteiger partial charge in [0, 0.05) is 54.9 Å². The molecule has 2 aliphatic rings. The van der Waals surface area contributed by atoms with Crippen LogP contribution in [0.1, 0.15) is 38.4 Å². The van der Waals surface area contributed by atoms with Crippen molar-refractivity contribution in [3.63, 3.8) is 0 Å². The van der Waals surface area contributed by atoms with E-state index in [-0.39, 0.29) is 21.9 Å². The van der Waals surface area contributed by atoms with Crippen LogP contribution in [0.2, 0.25) is 0 Å². The van der Waals surface area contributed by atoms with E-state index >= 15 is 0 Å². The number of anilines is 1. The van der Waals surface area contributed by atoms with Gasteiger partial charge in [-0.15, -0.1) is 0 Å². The number of likely N-dealkylation sites (N-methyl/N-ethyl adjacent to an activating group) is 1. The number of aryl methyl sites for hydroxylation is 1. The zero-order valence-corrected chi connectivity index (χ0v) is 22.6. The number of nitrogens with zero attached hydrogens (tertiary/aromatic N) is 2. The van der Waals surface area contributed by atoms with Crippen LogP contribution in [0.15, 0.2) is 41.3 Å². The molecule has 2 amide bonds. The second-order valence-corrected chi connectivity index (χ2v) is 12.0. The number of aromatic nitrogens is 1. The summed E-state index contributed by atoms with van der Waals surface area (Å²) in [6, 6.07) is 6.84. The van der Waals surface area contributed by atoms with E-state index in [0.717, 1.165) is 25.2 Å². The molecule has 3 heterocycles. The molecule has 2 N–H and O–H groups in total. The summed E-state index contributed by atoms with van der Waals surface area (Å²) in [4.78, 5) is 33.3. The number of nitrogens with one attached hydrogen (secondary N) is 2. The molecule has 0 spiro atoms. The summed E-state index contributed by atoms with van der Waals surface area (Å²) in [6.07, 6.45) is 1.61. The number of hydrogen-bond acceptors (Lipinski definition) is 5. The number of H-pyrrole nitrogens is 1. The Labute approximate surface area is 225 Å². The molecule has 1 fully saturated rings. The Morgan fingerprint density at radius 1 is 1.03 bits per heavy atom. The minimum Gasteiger partial charge on any atom is -0.358 e. The van der Waals surface area contributed by atoms with Gasteiger partial charge in [0.15, 0.2) is 9.84 Å². The molecule has 204 valence electrons. The summed E-state index contributed by atoms with van der Waals surface area (Å²) in [6.45, 7) is 6.46. The SMILES string of the molecule is Cc1[nH]c(C=C2C(=O)Nc3ccc(S(=O)(=O)Cc4cc(F)cc(F)c4)cc32)c(C)c1C(=O)N1CCN(C)CC1. The molecule has 3 aromatic rings. The van der Waals surface area contributed by atoms with Gasteiger partial charge in [-0.25, -0.2) is 17.2 Å². The molecule has 0 saturated carbocycles. The fraction of sp³-hybridized carbons (Fsp3) is 0.286. The molecule has 0 aliphatic carbocycles. The van der Waals surface area contributed by atoms with E-state index in [1.165, 1.54) is 18.2 Å². The molecule has 1 aromatic heterocycles. The van der Waals surface area contributed by atoms with Crippen molar-refractivity contribution in [3.8, 4) is 0 Å². The van der Waals surface area contributed by atoms with E-state index in [2.05, 4.69) is 15.2 Å². The average Bonchev–Trinajstić information content (AvgIpc) is 3.32. The molecule has 0 bridgehead atoms. The second-order valence-electron chi connectivity index (χ2n) is 10.0. The van der Waals surface area contributed by atoms with Crippen molar-refractivity contribution in [1.82, 2.24) is 14.8 Å². The fourth-order valence-corrected chi connectivity index (χ4v) is 6.40. The summed E-state index contributed by atoms with van der Waals surface area (Å²) in [7, 11) is -1.97. The van der Waals surface area contributed by atoms with Gasteiger partial charge in [0.1, 0.15) is 11.6 Å². The largest absolute Gasteiger partial charge is 0.358 e. The lowest BCUT2D eigenvalue weighted by Gasteiger charge is -2.32. The topological polar surface area (TPSA) is 103 Å². The Balaban J connectivity index is 1.47. The van der Waals surface area contributed by atoms with E-state index in [4.69, 9.17) is 0 Å². The molecular weight excluding hydrogens is 526 g/mol. The van der Waals surface area contributed by atoms with Crippen molar-refractivity contribution >= 4 is 39.0 Å². The first kappa shape index (κ1) is 26.8. The maximum Gasteiger partial charge on any atom is 0.256 e. The van der Waals surface area contributed by atoms with E-state index < -0.39 is 33.1 Å². The lowest BCUT2D eigenvalue weighted by molar-refractivity contribution is -0.110. The van der Waals surface area contributed by atoms with Crippen LogP contribution in [0.25, 0.3) is 11.6 Å². The van der Waals surface area contributed by atoms with Crippen molar-refractivity contribution in [2.24, 2.45) is 0 Å². The van der Waals surface area contributed by atoms with Crippen LogP contribution in [0.4, 0.5) is 14.5 Å². The zero-order valence-electron chi connectivity index (χ0n) is 21.8. The number of carbonyl (C=O) groups is 2. The number of halogens is 2. The molecule has 0 radical (unpaired) electrons. The number of sulfone groups is 1. The van der Waals surface area contributed by atoms with Crippen LogP contribution in [0, 0.1) is 25.5 Å². The molecule has 0 unspecified atom stereocenters. The first-order valence-electron chi connectivity index (χ1n) is 12.4. The first-order chi connectivity index (χ1) is 18.4. The van der Waals surface area contributed by atoms with Gasteiger partial charge in [-0.3, -0.25) is 9.59 Å². The summed E-state index contributed by atoms with van der Waals surface area (Å²) >= 11 is 0. The van der Waals surface area contributed by atoms with Crippen LogP contribution in [-0.4, -0.2) is 68.2 Å². The molecule has 0 atom stereocenters. The highest BCUT2D eigenvalue weighted by atomic mass is 32.2. The highest BCUT2D eigenvalue weighted by Crippen LogP contribution is 2.36. The third-order valence-corrected chi connectivity index (χ3v) is 8.87. The van der Waals surface area contributed by atoms with Gasteiger partial charge in [0.25, 0.3) is 11.8 Å². The van der Waals surface area contributed by atoms with E-state index in [0.29, 0.717) is 52.9 Å². The third kappa shape index (κ3) is 5.24. The van der Waals surface area contributed by atoms with E-state index in [9.17, 15) is 26.8 Å². The molecule has 11 heteroatoms. The summed E-state index contributed by atoms with van der Waals surface area (Å²) in [5.74, 6) is -2.82. The summed E-state index contributed by atoms with van der Waals surface area (Å²) in [5.41, 5.74) is 3.55. The van der Waals surface area contributed by atoms with Crippen LogP contribution >= 0.6 is 0 Å². The molecule has 2 aliphatic heterocycles. The zero-order chi connectivity index (χ0) is 28.1. The third-order valence-electron chi connectivity index (χ3n) is 7.18. The lowest BCUT2D eigenvalue weighted by atomic mass is 10.0. The van der Waals surface area contributed by atoms with Gasteiger partial charge < -0.3 is 20.1 Å². The summed E-state index contributed by atoms with van der Waals surface area (Å²) in [5, 5.41) is 2.74. The van der Waals surface area contributed by atoms with Crippen LogP contribution in [-0.2, 0) is 20.4 Å². The van der Waals surface area contributed by atoms with E-state index in [1.54, 1.807) is 13.0 Å². The standard InChI is InChI=1S/C28H28F2N4O4S/c1-16-25(31-17(2)26(16)28(36)34-8-6-33(3)7-9-34)14-23-22-13-21(4-5-24(22)32-27(23)35)39(37,38)15-18-10-19(29)12-20(30)11-18/h4-5,10-14,31H,6-9,15H2,1-3H3,(H,32,35). The van der Waals surface area contributed by atoms with Gasteiger partial charge in [-0.1, -0.05) is 0 Å². The van der Waals surface area contributed by atoms with Crippen molar-refractivity contribution < 1.29 is 26.8 Å². The number of benzene rings is 2. The van der Waals surface area contributed by atoms with Crippen molar-refractivity contribution in [1.29, 1.82) is 0 Å². The Kier molecular flexibility index (Phi) is 6.90. The normalized spacial score (nSPS) is 17.0. The highest BCUT2D eigenvalue weighted by Gasteiger charge is 2.29. The first-order valence-corrected chi connectivity index (χ1v) is 14.1. The van der Waals surface area contributed by atoms with Gasteiger partial charge >= 0.3 is 0 Å². The number of hydrogen-bond donors (Lipinski definition) is 2. The molecule has 1 saturated heterocycles. The minimum atomic E-state index is -3.98. The molecule has 2 aromatic carbocycles. The second kappa shape index (κ2) is 10.0. The lowest BCUT2D eigenvalue weighted by Crippen LogP contribution is -2.47. The van der Waals surface area contributed by atoms with Gasteiger partial charge in [0.2, 0.25) is 0 Å². The minimum absolute atomic E-state index is 0.0204. The number of piperazine rings is 1. The average molecular weight is 555 g/mol. The highest BCUT2D eigenvalue weighted by molar-refractivity contribution is 7.90. The molecule has 5 rings (SSSR count). The predicted molar refractivity (Wildman–Crippen MR) is 144 cm³/mol. The van der Waals surface area contributed by atoms with Crippen LogP contribution in [0.5, 0.6) is 0 Å². The van der Waals surface area contributed by atoms with Gasteiger partial charge in [0.05, 0.1) is 21.8 Å². The number of fused-ring (bicyclic) bond motifs is 1. The van der Waals surface area contributed by atoms with Crippen LogP contribution in [0.3, 0.4) is 0 Å². The monoisotopic (exact) mass is 554 g/mol. The number of aromatic amines is 1. The smallest absolute Gasteiger partial charge is 0.256 e. The Morgan fingerprint density at radius 2 is 1.69 bits per heavy atom. The maximum atomic E-state index is 13.6. The molecule has 8 nitrogen and oxygen atoms in total. The van der Waals surface area contributed by atoms with Crippen molar-refractivity contribution in [3.05, 3.63) is 81.7 Å². The summed E-state index contributed by atoms with van der Waals surface area (Å²) < 4.78 is 53.4.